The number of aromatic hydroxyl groups is 1. The molecule has 0 bridgehead atoms. The van der Waals surface area contributed by atoms with Crippen molar-refractivity contribution >= 4 is 11.0 Å². The van der Waals surface area contributed by atoms with Crippen molar-refractivity contribution in [3.63, 3.8) is 0 Å². The number of phenolic OH excluding ortho intramolecular Hbond substituents is 1. The van der Waals surface area contributed by atoms with Crippen LogP contribution in [0.15, 0.2) is 42.5 Å². The van der Waals surface area contributed by atoms with E-state index in [4.69, 9.17) is 0 Å². The summed E-state index contributed by atoms with van der Waals surface area (Å²) in [5.41, 5.74) is 2.81. The third-order valence-corrected chi connectivity index (χ3v) is 3.94. The zero-order chi connectivity index (χ0) is 14.4. The zero-order valence-corrected chi connectivity index (χ0v) is 11.5. The summed E-state index contributed by atoms with van der Waals surface area (Å²) in [5.74, 6) is 0.972. The summed E-state index contributed by atoms with van der Waals surface area (Å²) in [7, 11) is 0. The molecule has 1 saturated carbocycles. The van der Waals surface area contributed by atoms with Crippen LogP contribution in [-0.4, -0.2) is 14.7 Å². The minimum Gasteiger partial charge on any atom is -0.508 e. The van der Waals surface area contributed by atoms with Crippen molar-refractivity contribution in [3.8, 4) is 5.75 Å². The molecule has 4 rings (SSSR count). The Hall–Kier alpha value is -2.36. The summed E-state index contributed by atoms with van der Waals surface area (Å²) in [6, 6.07) is 12.4. The van der Waals surface area contributed by atoms with Crippen LogP contribution in [0.1, 0.15) is 30.3 Å². The number of hydrogen-bond donors (Lipinski definition) is 1. The molecule has 1 heterocycles. The van der Waals surface area contributed by atoms with Crippen LogP contribution in [0.25, 0.3) is 11.0 Å². The van der Waals surface area contributed by atoms with Crippen LogP contribution in [0, 0.1) is 5.82 Å². The van der Waals surface area contributed by atoms with E-state index in [-0.39, 0.29) is 11.6 Å². The Morgan fingerprint density at radius 2 is 1.90 bits per heavy atom. The first-order chi connectivity index (χ1) is 10.2. The maximum absolute atomic E-state index is 13.4. The predicted molar refractivity (Wildman–Crippen MR) is 78.9 cm³/mol. The van der Waals surface area contributed by atoms with Gasteiger partial charge in [0.2, 0.25) is 0 Å². The number of hydrogen-bond acceptors (Lipinski definition) is 2. The van der Waals surface area contributed by atoms with Gasteiger partial charge in [-0.25, -0.2) is 9.37 Å². The number of benzene rings is 2. The topological polar surface area (TPSA) is 38.1 Å². The first kappa shape index (κ1) is 12.4. The monoisotopic (exact) mass is 282 g/mol. The Morgan fingerprint density at radius 3 is 2.62 bits per heavy atom. The molecule has 21 heavy (non-hydrogen) atoms. The van der Waals surface area contributed by atoms with E-state index in [9.17, 15) is 9.50 Å². The first-order valence-electron chi connectivity index (χ1n) is 7.15. The molecule has 0 aliphatic heterocycles. The van der Waals surface area contributed by atoms with Gasteiger partial charge >= 0.3 is 0 Å². The van der Waals surface area contributed by atoms with Crippen LogP contribution >= 0.6 is 0 Å². The number of imidazole rings is 1. The van der Waals surface area contributed by atoms with Crippen molar-refractivity contribution in [1.82, 2.24) is 9.55 Å². The summed E-state index contributed by atoms with van der Waals surface area (Å²) in [6.07, 6.45) is 3.00. The number of phenols is 1. The standard InChI is InChI=1S/C17H15FN2O/c18-12-3-8-16-15(10-12)19-17(20(16)13-4-5-13)9-11-1-6-14(21)7-2-11/h1-3,6-8,10,13,21H,4-5,9H2. The van der Waals surface area contributed by atoms with E-state index in [2.05, 4.69) is 9.55 Å². The van der Waals surface area contributed by atoms with Gasteiger partial charge in [-0.3, -0.25) is 0 Å². The molecule has 0 spiro atoms. The summed E-state index contributed by atoms with van der Waals surface area (Å²) in [6.45, 7) is 0. The van der Waals surface area contributed by atoms with Crippen LogP contribution in [0.4, 0.5) is 4.39 Å². The molecule has 0 radical (unpaired) electrons. The highest BCUT2D eigenvalue weighted by Gasteiger charge is 2.28. The normalized spacial score (nSPS) is 14.7. The van der Waals surface area contributed by atoms with Crippen LogP contribution in [0.5, 0.6) is 5.75 Å². The van der Waals surface area contributed by atoms with Crippen molar-refractivity contribution in [3.05, 3.63) is 59.7 Å². The summed E-state index contributed by atoms with van der Waals surface area (Å²) in [4.78, 5) is 4.61. The molecule has 106 valence electrons. The second-order valence-electron chi connectivity index (χ2n) is 5.61. The largest absolute Gasteiger partial charge is 0.508 e. The predicted octanol–water partition coefficient (Wildman–Crippen LogP) is 3.81. The minimum atomic E-state index is -0.251. The third kappa shape index (κ3) is 2.27. The van der Waals surface area contributed by atoms with E-state index in [1.807, 2.05) is 18.2 Å². The van der Waals surface area contributed by atoms with Gasteiger partial charge in [-0.1, -0.05) is 12.1 Å². The van der Waals surface area contributed by atoms with Gasteiger partial charge in [0.05, 0.1) is 11.0 Å². The van der Waals surface area contributed by atoms with E-state index in [1.165, 1.54) is 12.1 Å². The lowest BCUT2D eigenvalue weighted by molar-refractivity contribution is 0.475. The third-order valence-electron chi connectivity index (χ3n) is 3.94. The second kappa shape index (κ2) is 4.58. The Bertz CT molecular complexity index is 804. The second-order valence-corrected chi connectivity index (χ2v) is 5.61. The van der Waals surface area contributed by atoms with Crippen molar-refractivity contribution in [2.24, 2.45) is 0 Å². The molecular weight excluding hydrogens is 267 g/mol. The fourth-order valence-corrected chi connectivity index (χ4v) is 2.78. The van der Waals surface area contributed by atoms with Gasteiger partial charge in [0, 0.05) is 18.5 Å². The Balaban J connectivity index is 1.79. The number of rotatable bonds is 3. The summed E-state index contributed by atoms with van der Waals surface area (Å²) >= 11 is 0. The molecule has 2 aromatic carbocycles. The molecule has 1 aliphatic carbocycles. The van der Waals surface area contributed by atoms with Gasteiger partial charge in [-0.05, 0) is 42.7 Å². The highest BCUT2D eigenvalue weighted by atomic mass is 19.1. The van der Waals surface area contributed by atoms with E-state index in [0.717, 1.165) is 35.3 Å². The van der Waals surface area contributed by atoms with Gasteiger partial charge in [0.25, 0.3) is 0 Å². The van der Waals surface area contributed by atoms with E-state index < -0.39 is 0 Å². The Kier molecular flexibility index (Phi) is 2.70. The van der Waals surface area contributed by atoms with Crippen molar-refractivity contribution < 1.29 is 9.50 Å². The zero-order valence-electron chi connectivity index (χ0n) is 11.5. The first-order valence-corrected chi connectivity index (χ1v) is 7.15. The SMILES string of the molecule is Oc1ccc(Cc2nc3cc(F)ccc3n2C2CC2)cc1. The van der Waals surface area contributed by atoms with Gasteiger partial charge in [-0.15, -0.1) is 0 Å². The molecule has 3 aromatic rings. The maximum Gasteiger partial charge on any atom is 0.125 e. The fraction of sp³-hybridized carbons (Fsp3) is 0.235. The lowest BCUT2D eigenvalue weighted by atomic mass is 10.1. The van der Waals surface area contributed by atoms with E-state index >= 15 is 0 Å². The van der Waals surface area contributed by atoms with E-state index in [1.54, 1.807) is 12.1 Å². The van der Waals surface area contributed by atoms with Crippen LogP contribution in [-0.2, 0) is 6.42 Å². The molecular formula is C17H15FN2O. The molecule has 1 fully saturated rings. The summed E-state index contributed by atoms with van der Waals surface area (Å²) in [5, 5.41) is 9.36. The quantitative estimate of drug-likeness (QED) is 0.793. The average Bonchev–Trinajstić information content (AvgIpc) is 3.23. The number of aromatic nitrogens is 2. The molecule has 0 atom stereocenters. The van der Waals surface area contributed by atoms with Gasteiger partial charge in [0.1, 0.15) is 17.4 Å². The molecule has 3 nitrogen and oxygen atoms in total. The highest BCUT2D eigenvalue weighted by Crippen LogP contribution is 2.39. The number of nitrogens with zero attached hydrogens (tertiary/aromatic N) is 2. The number of fused-ring (bicyclic) bond motifs is 1. The average molecular weight is 282 g/mol. The molecule has 0 unspecified atom stereocenters. The smallest absolute Gasteiger partial charge is 0.125 e. The van der Waals surface area contributed by atoms with Crippen molar-refractivity contribution in [1.29, 1.82) is 0 Å². The maximum atomic E-state index is 13.4. The molecule has 1 N–H and O–H groups in total. The van der Waals surface area contributed by atoms with Crippen molar-refractivity contribution in [2.75, 3.05) is 0 Å². The van der Waals surface area contributed by atoms with Crippen LogP contribution in [0.3, 0.4) is 0 Å². The van der Waals surface area contributed by atoms with Gasteiger partial charge in [-0.2, -0.15) is 0 Å². The Morgan fingerprint density at radius 1 is 1.14 bits per heavy atom. The van der Waals surface area contributed by atoms with Crippen LogP contribution in [0.2, 0.25) is 0 Å². The van der Waals surface area contributed by atoms with Crippen molar-refractivity contribution in [2.45, 2.75) is 25.3 Å². The lowest BCUT2D eigenvalue weighted by Gasteiger charge is -2.07. The summed E-state index contributed by atoms with van der Waals surface area (Å²) < 4.78 is 15.6. The molecule has 4 heteroatoms. The lowest BCUT2D eigenvalue weighted by Crippen LogP contribution is -2.02. The highest BCUT2D eigenvalue weighted by molar-refractivity contribution is 5.76. The Labute approximate surface area is 121 Å². The minimum absolute atomic E-state index is 0.251. The molecule has 0 saturated heterocycles. The van der Waals surface area contributed by atoms with E-state index in [0.29, 0.717) is 12.5 Å². The molecule has 1 aliphatic rings. The van der Waals surface area contributed by atoms with Gasteiger partial charge < -0.3 is 9.67 Å². The number of halogens is 1. The van der Waals surface area contributed by atoms with Gasteiger partial charge in [0.15, 0.2) is 0 Å². The molecule has 0 amide bonds. The van der Waals surface area contributed by atoms with Crippen LogP contribution < -0.4 is 0 Å². The molecule has 1 aromatic heterocycles. The fourth-order valence-electron chi connectivity index (χ4n) is 2.78.